The number of thioether (sulfide) groups is 1. The smallest absolute Gasteiger partial charge is 0.254 e. The molecule has 1 aromatic heterocycles. The van der Waals surface area contributed by atoms with Gasteiger partial charge in [0.2, 0.25) is 0 Å². The van der Waals surface area contributed by atoms with E-state index in [1.54, 1.807) is 26.0 Å². The van der Waals surface area contributed by atoms with Gasteiger partial charge >= 0.3 is 0 Å². The Bertz CT molecular complexity index is 1060. The normalized spacial score (nSPS) is 13.8. The van der Waals surface area contributed by atoms with Gasteiger partial charge in [-0.25, -0.2) is 0 Å². The summed E-state index contributed by atoms with van der Waals surface area (Å²) in [7, 11) is 3.33. The molecular weight excluding hydrogens is 440 g/mol. The van der Waals surface area contributed by atoms with E-state index in [0.717, 1.165) is 33.6 Å². The first-order valence-corrected chi connectivity index (χ1v) is 11.8. The molecule has 0 bridgehead atoms. The Morgan fingerprint density at radius 1 is 1.09 bits per heavy atom. The van der Waals surface area contributed by atoms with Gasteiger partial charge in [-0.05, 0) is 29.8 Å². The Hall–Kier alpha value is -2.88. The fourth-order valence-corrected chi connectivity index (χ4v) is 4.52. The van der Waals surface area contributed by atoms with Gasteiger partial charge in [-0.3, -0.25) is 9.36 Å². The second-order valence-electron chi connectivity index (χ2n) is 7.57. The molecule has 9 heteroatoms. The van der Waals surface area contributed by atoms with Gasteiger partial charge in [-0.1, -0.05) is 36.0 Å². The van der Waals surface area contributed by atoms with Crippen LogP contribution in [0.3, 0.4) is 0 Å². The van der Waals surface area contributed by atoms with E-state index in [0.29, 0.717) is 45.0 Å². The maximum Gasteiger partial charge on any atom is 0.254 e. The summed E-state index contributed by atoms with van der Waals surface area (Å²) in [6.45, 7) is 3.68. The number of hydrogen-bond donors (Lipinski definition) is 0. The lowest BCUT2D eigenvalue weighted by Gasteiger charge is -2.26. The molecule has 0 aliphatic carbocycles. The largest absolute Gasteiger partial charge is 0.497 e. The number of hydrogen-bond acceptors (Lipinski definition) is 7. The first-order chi connectivity index (χ1) is 16.2. The van der Waals surface area contributed by atoms with Crippen molar-refractivity contribution >= 4 is 17.7 Å². The minimum absolute atomic E-state index is 0.0553. The summed E-state index contributed by atoms with van der Waals surface area (Å²) in [5.74, 6) is 2.32. The van der Waals surface area contributed by atoms with Crippen LogP contribution in [-0.2, 0) is 21.8 Å². The Kier molecular flexibility index (Phi) is 7.98. The molecule has 2 aromatic carbocycles. The number of aromatic nitrogens is 3. The van der Waals surface area contributed by atoms with E-state index in [1.165, 1.54) is 0 Å². The van der Waals surface area contributed by atoms with E-state index in [2.05, 4.69) is 14.8 Å². The number of morpholine rings is 1. The molecule has 4 rings (SSSR count). The third-order valence-electron chi connectivity index (χ3n) is 5.43. The summed E-state index contributed by atoms with van der Waals surface area (Å²) < 4.78 is 18.1. The fourth-order valence-electron chi connectivity index (χ4n) is 3.60. The highest BCUT2D eigenvalue weighted by Crippen LogP contribution is 2.28. The van der Waals surface area contributed by atoms with Crippen molar-refractivity contribution in [3.8, 4) is 17.1 Å². The Labute approximate surface area is 197 Å². The molecule has 33 heavy (non-hydrogen) atoms. The summed E-state index contributed by atoms with van der Waals surface area (Å²) in [5, 5.41) is 9.68. The Balaban J connectivity index is 1.46. The summed E-state index contributed by atoms with van der Waals surface area (Å²) in [5.41, 5.74) is 2.76. The predicted molar refractivity (Wildman–Crippen MR) is 127 cm³/mol. The zero-order chi connectivity index (χ0) is 23.0. The molecule has 3 aromatic rings. The molecule has 1 aliphatic rings. The van der Waals surface area contributed by atoms with Gasteiger partial charge in [0.1, 0.15) is 5.75 Å². The molecule has 1 fully saturated rings. The molecule has 1 aliphatic heterocycles. The molecule has 174 valence electrons. The molecule has 0 spiro atoms. The predicted octanol–water partition coefficient (Wildman–Crippen LogP) is 3.36. The second kappa shape index (κ2) is 11.3. The number of benzene rings is 2. The number of ether oxygens (including phenoxy) is 3. The highest BCUT2D eigenvalue weighted by atomic mass is 32.2. The second-order valence-corrected chi connectivity index (χ2v) is 8.52. The minimum Gasteiger partial charge on any atom is -0.497 e. The van der Waals surface area contributed by atoms with Gasteiger partial charge in [-0.2, -0.15) is 0 Å². The van der Waals surface area contributed by atoms with Crippen LogP contribution in [0, 0.1) is 0 Å². The first kappa shape index (κ1) is 23.3. The van der Waals surface area contributed by atoms with E-state index >= 15 is 0 Å². The average molecular weight is 469 g/mol. The van der Waals surface area contributed by atoms with E-state index < -0.39 is 0 Å². The summed E-state index contributed by atoms with van der Waals surface area (Å²) in [6, 6.07) is 15.6. The molecule has 0 atom stereocenters. The van der Waals surface area contributed by atoms with Crippen LogP contribution >= 0.6 is 11.8 Å². The van der Waals surface area contributed by atoms with Gasteiger partial charge in [0.25, 0.3) is 5.91 Å². The number of nitrogens with zero attached hydrogens (tertiary/aromatic N) is 4. The topological polar surface area (TPSA) is 78.7 Å². The van der Waals surface area contributed by atoms with Crippen LogP contribution < -0.4 is 4.74 Å². The maximum atomic E-state index is 12.6. The highest BCUT2D eigenvalue weighted by Gasteiger charge is 2.19. The van der Waals surface area contributed by atoms with Crippen LogP contribution in [0.2, 0.25) is 0 Å². The summed E-state index contributed by atoms with van der Waals surface area (Å²) in [6.07, 6.45) is 0. The third-order valence-corrected chi connectivity index (χ3v) is 6.47. The summed E-state index contributed by atoms with van der Waals surface area (Å²) >= 11 is 1.61. The van der Waals surface area contributed by atoms with Crippen LogP contribution in [0.15, 0.2) is 53.7 Å². The molecule has 2 heterocycles. The maximum absolute atomic E-state index is 12.6. The van der Waals surface area contributed by atoms with Gasteiger partial charge < -0.3 is 19.1 Å². The van der Waals surface area contributed by atoms with Crippen molar-refractivity contribution in [2.24, 2.45) is 0 Å². The SMILES string of the molecule is COCCn1c(SCc2ccc(C(=O)N3CCOCC3)cc2)nnc1-c1cccc(OC)c1. The molecule has 0 N–H and O–H groups in total. The molecule has 0 saturated carbocycles. The van der Waals surface area contributed by atoms with Crippen molar-refractivity contribution in [3.63, 3.8) is 0 Å². The van der Waals surface area contributed by atoms with Crippen LogP contribution in [0.1, 0.15) is 15.9 Å². The van der Waals surface area contributed by atoms with Crippen LogP contribution in [-0.4, -0.2) is 72.7 Å². The van der Waals surface area contributed by atoms with Crippen molar-refractivity contribution < 1.29 is 19.0 Å². The zero-order valence-electron chi connectivity index (χ0n) is 18.9. The number of carbonyl (C=O) groups is 1. The Morgan fingerprint density at radius 2 is 1.88 bits per heavy atom. The van der Waals surface area contributed by atoms with Crippen molar-refractivity contribution in [2.45, 2.75) is 17.5 Å². The fraction of sp³-hybridized carbons (Fsp3) is 0.375. The lowest BCUT2D eigenvalue weighted by molar-refractivity contribution is 0.0303. The van der Waals surface area contributed by atoms with E-state index in [1.807, 2.05) is 53.4 Å². The van der Waals surface area contributed by atoms with Crippen LogP contribution in [0.4, 0.5) is 0 Å². The molecule has 0 radical (unpaired) electrons. The van der Waals surface area contributed by atoms with Gasteiger partial charge in [0, 0.05) is 37.1 Å². The monoisotopic (exact) mass is 468 g/mol. The Morgan fingerprint density at radius 3 is 2.61 bits per heavy atom. The lowest BCUT2D eigenvalue weighted by atomic mass is 10.1. The van der Waals surface area contributed by atoms with Gasteiger partial charge in [-0.15, -0.1) is 10.2 Å². The van der Waals surface area contributed by atoms with Crippen molar-refractivity contribution in [1.82, 2.24) is 19.7 Å². The van der Waals surface area contributed by atoms with E-state index in [9.17, 15) is 4.79 Å². The van der Waals surface area contributed by atoms with E-state index in [4.69, 9.17) is 14.2 Å². The quantitative estimate of drug-likeness (QED) is 0.446. The van der Waals surface area contributed by atoms with Crippen LogP contribution in [0.5, 0.6) is 5.75 Å². The van der Waals surface area contributed by atoms with Gasteiger partial charge in [0.15, 0.2) is 11.0 Å². The van der Waals surface area contributed by atoms with Crippen molar-refractivity contribution in [3.05, 3.63) is 59.7 Å². The number of rotatable bonds is 9. The highest BCUT2D eigenvalue weighted by molar-refractivity contribution is 7.98. The molecule has 1 saturated heterocycles. The van der Waals surface area contributed by atoms with Crippen molar-refractivity contribution in [2.75, 3.05) is 47.1 Å². The molecule has 1 amide bonds. The number of amides is 1. The number of methoxy groups -OCH3 is 2. The molecule has 8 nitrogen and oxygen atoms in total. The van der Waals surface area contributed by atoms with Crippen LogP contribution in [0.25, 0.3) is 11.4 Å². The van der Waals surface area contributed by atoms with Crippen molar-refractivity contribution in [1.29, 1.82) is 0 Å². The molecular formula is C24H28N4O4S. The molecule has 0 unspecified atom stereocenters. The standard InChI is InChI=1S/C24H28N4O4S/c1-30-13-12-28-22(20-4-3-5-21(16-20)31-2)25-26-24(28)33-17-18-6-8-19(9-7-18)23(29)27-10-14-32-15-11-27/h3-9,16H,10-15,17H2,1-2H3. The average Bonchev–Trinajstić information content (AvgIpc) is 3.29. The first-order valence-electron chi connectivity index (χ1n) is 10.8. The van der Waals surface area contributed by atoms with Gasteiger partial charge in [0.05, 0.1) is 33.5 Å². The third kappa shape index (κ3) is 5.73. The number of carbonyl (C=O) groups excluding carboxylic acids is 1. The summed E-state index contributed by atoms with van der Waals surface area (Å²) in [4.78, 5) is 14.5. The minimum atomic E-state index is 0.0553. The lowest BCUT2D eigenvalue weighted by Crippen LogP contribution is -2.40. The van der Waals surface area contributed by atoms with E-state index in [-0.39, 0.29) is 5.91 Å². The zero-order valence-corrected chi connectivity index (χ0v) is 19.7.